The minimum absolute atomic E-state index is 0.471. The Morgan fingerprint density at radius 1 is 1.00 bits per heavy atom. The van der Waals surface area contributed by atoms with Gasteiger partial charge in [-0.3, -0.25) is 4.68 Å². The van der Waals surface area contributed by atoms with E-state index in [-0.39, 0.29) is 0 Å². The lowest BCUT2D eigenvalue weighted by atomic mass is 9.75. The van der Waals surface area contributed by atoms with E-state index in [4.69, 9.17) is 5.10 Å². The molecule has 0 saturated heterocycles. The van der Waals surface area contributed by atoms with Crippen molar-refractivity contribution in [2.45, 2.75) is 58.1 Å². The molecule has 0 spiro atoms. The second-order valence-electron chi connectivity index (χ2n) is 8.45. The zero-order valence-corrected chi connectivity index (χ0v) is 17.0. The van der Waals surface area contributed by atoms with Crippen molar-refractivity contribution in [3.05, 3.63) is 77.5 Å². The van der Waals surface area contributed by atoms with Crippen LogP contribution in [0.2, 0.25) is 0 Å². The van der Waals surface area contributed by atoms with Crippen LogP contribution in [0.25, 0.3) is 11.3 Å². The predicted molar refractivity (Wildman–Crippen MR) is 114 cm³/mol. The number of nitrogens with zero attached hydrogens (tertiary/aromatic N) is 2. The van der Waals surface area contributed by atoms with Crippen molar-refractivity contribution in [3.8, 4) is 11.3 Å². The average Bonchev–Trinajstić information content (AvgIpc) is 3.09. The molecule has 3 nitrogen and oxygen atoms in total. The van der Waals surface area contributed by atoms with Crippen molar-refractivity contribution in [1.82, 2.24) is 9.78 Å². The largest absolute Gasteiger partial charge is 0.386 e. The maximum absolute atomic E-state index is 10.9. The molecule has 0 saturated carbocycles. The van der Waals surface area contributed by atoms with Gasteiger partial charge in [0.1, 0.15) is 0 Å². The molecule has 1 N–H and O–H groups in total. The SMILES string of the molecule is CC(C)[C@@H]1CC[C@@H](C)c2c1nn(C[C@H](O)c1ccccc1)c2-c1ccccc1. The Morgan fingerprint density at radius 2 is 1.64 bits per heavy atom. The summed E-state index contributed by atoms with van der Waals surface area (Å²) in [6.45, 7) is 7.38. The molecule has 0 unspecified atom stereocenters. The lowest BCUT2D eigenvalue weighted by Crippen LogP contribution is -2.16. The number of aliphatic hydroxyl groups is 1. The molecule has 0 fully saturated rings. The summed E-state index contributed by atoms with van der Waals surface area (Å²) in [5.74, 6) is 1.55. The molecule has 4 rings (SSSR count). The fourth-order valence-electron chi connectivity index (χ4n) is 4.59. The van der Waals surface area contributed by atoms with E-state index in [1.54, 1.807) is 0 Å². The number of fused-ring (bicyclic) bond motifs is 1. The van der Waals surface area contributed by atoms with Gasteiger partial charge in [-0.05, 0) is 30.2 Å². The lowest BCUT2D eigenvalue weighted by Gasteiger charge is -2.29. The van der Waals surface area contributed by atoms with Crippen LogP contribution in [-0.2, 0) is 6.54 Å². The summed E-state index contributed by atoms with van der Waals surface area (Å²) in [7, 11) is 0. The molecule has 3 heteroatoms. The third-order valence-corrected chi connectivity index (χ3v) is 6.15. The molecule has 2 aromatic carbocycles. The summed E-state index contributed by atoms with van der Waals surface area (Å²) in [6, 6.07) is 20.4. The van der Waals surface area contributed by atoms with Crippen LogP contribution in [0.3, 0.4) is 0 Å². The molecule has 28 heavy (non-hydrogen) atoms. The van der Waals surface area contributed by atoms with E-state index in [1.807, 2.05) is 30.3 Å². The molecule has 1 aromatic heterocycles. The minimum atomic E-state index is -0.571. The molecule has 0 amide bonds. The van der Waals surface area contributed by atoms with Gasteiger partial charge in [-0.2, -0.15) is 5.10 Å². The topological polar surface area (TPSA) is 38.0 Å². The fourth-order valence-corrected chi connectivity index (χ4v) is 4.59. The molecule has 0 bridgehead atoms. The van der Waals surface area contributed by atoms with Crippen LogP contribution in [0.5, 0.6) is 0 Å². The summed E-state index contributed by atoms with van der Waals surface area (Å²) in [4.78, 5) is 0. The molecule has 0 radical (unpaired) electrons. The minimum Gasteiger partial charge on any atom is -0.386 e. The summed E-state index contributed by atoms with van der Waals surface area (Å²) in [6.07, 6.45) is 1.82. The zero-order chi connectivity index (χ0) is 19.7. The lowest BCUT2D eigenvalue weighted by molar-refractivity contribution is 0.152. The Kier molecular flexibility index (Phi) is 5.36. The molecule has 1 aliphatic carbocycles. The Bertz CT molecular complexity index is 914. The van der Waals surface area contributed by atoms with Gasteiger partial charge in [-0.15, -0.1) is 0 Å². The number of benzene rings is 2. The second-order valence-corrected chi connectivity index (χ2v) is 8.45. The van der Waals surface area contributed by atoms with Crippen LogP contribution in [0.15, 0.2) is 60.7 Å². The van der Waals surface area contributed by atoms with Gasteiger partial charge in [0.15, 0.2) is 0 Å². The van der Waals surface area contributed by atoms with E-state index < -0.39 is 6.10 Å². The van der Waals surface area contributed by atoms with Crippen LogP contribution in [0.1, 0.15) is 68.4 Å². The van der Waals surface area contributed by atoms with Crippen LogP contribution in [0, 0.1) is 5.92 Å². The summed E-state index contributed by atoms with van der Waals surface area (Å²) in [5, 5.41) is 16.0. The predicted octanol–water partition coefficient (Wildman–Crippen LogP) is 5.92. The van der Waals surface area contributed by atoms with Crippen LogP contribution in [-0.4, -0.2) is 14.9 Å². The fraction of sp³-hybridized carbons (Fsp3) is 0.400. The molecular formula is C25H30N2O. The molecule has 0 aliphatic heterocycles. The smallest absolute Gasteiger partial charge is 0.0986 e. The van der Waals surface area contributed by atoms with Crippen molar-refractivity contribution in [1.29, 1.82) is 0 Å². The molecule has 3 aromatic rings. The zero-order valence-electron chi connectivity index (χ0n) is 17.0. The Morgan fingerprint density at radius 3 is 2.29 bits per heavy atom. The summed E-state index contributed by atoms with van der Waals surface area (Å²) in [5.41, 5.74) is 5.93. The van der Waals surface area contributed by atoms with Crippen LogP contribution >= 0.6 is 0 Å². The number of aromatic nitrogens is 2. The maximum Gasteiger partial charge on any atom is 0.0986 e. The van der Waals surface area contributed by atoms with E-state index in [0.717, 1.165) is 5.56 Å². The van der Waals surface area contributed by atoms with Crippen molar-refractivity contribution in [2.24, 2.45) is 5.92 Å². The monoisotopic (exact) mass is 374 g/mol. The molecule has 1 heterocycles. The first-order valence-electron chi connectivity index (χ1n) is 10.4. The quantitative estimate of drug-likeness (QED) is 0.602. The summed E-state index contributed by atoms with van der Waals surface area (Å²) < 4.78 is 2.06. The van der Waals surface area contributed by atoms with Crippen LogP contribution in [0.4, 0.5) is 0 Å². The van der Waals surface area contributed by atoms with Gasteiger partial charge >= 0.3 is 0 Å². The Balaban J connectivity index is 1.82. The van der Waals surface area contributed by atoms with E-state index in [1.165, 1.54) is 35.4 Å². The number of hydrogen-bond acceptors (Lipinski definition) is 2. The van der Waals surface area contributed by atoms with E-state index in [2.05, 4.69) is 55.8 Å². The highest BCUT2D eigenvalue weighted by Crippen LogP contribution is 2.46. The average molecular weight is 375 g/mol. The third-order valence-electron chi connectivity index (χ3n) is 6.15. The molecular weight excluding hydrogens is 344 g/mol. The number of rotatable bonds is 5. The third kappa shape index (κ3) is 3.51. The van der Waals surface area contributed by atoms with Crippen molar-refractivity contribution >= 4 is 0 Å². The Hall–Kier alpha value is -2.39. The molecule has 146 valence electrons. The van der Waals surface area contributed by atoms with Gasteiger partial charge < -0.3 is 5.11 Å². The maximum atomic E-state index is 10.9. The van der Waals surface area contributed by atoms with Gasteiger partial charge in [0.25, 0.3) is 0 Å². The first kappa shape index (κ1) is 18.9. The Labute approximate surface area is 168 Å². The van der Waals surface area contributed by atoms with E-state index in [0.29, 0.717) is 24.3 Å². The first-order valence-corrected chi connectivity index (χ1v) is 10.4. The number of hydrogen-bond donors (Lipinski definition) is 1. The highest BCUT2D eigenvalue weighted by molar-refractivity contribution is 5.66. The second kappa shape index (κ2) is 7.92. The van der Waals surface area contributed by atoms with E-state index >= 15 is 0 Å². The van der Waals surface area contributed by atoms with Gasteiger partial charge in [-0.1, -0.05) is 81.4 Å². The van der Waals surface area contributed by atoms with Gasteiger partial charge in [-0.25, -0.2) is 0 Å². The van der Waals surface area contributed by atoms with Gasteiger partial charge in [0.2, 0.25) is 0 Å². The normalized spacial score (nSPS) is 20.2. The number of aliphatic hydroxyl groups excluding tert-OH is 1. The molecule has 1 aliphatic rings. The van der Waals surface area contributed by atoms with Crippen LogP contribution < -0.4 is 0 Å². The van der Waals surface area contributed by atoms with Gasteiger partial charge in [0.05, 0.1) is 24.0 Å². The van der Waals surface area contributed by atoms with Crippen molar-refractivity contribution < 1.29 is 5.11 Å². The first-order chi connectivity index (χ1) is 13.6. The summed E-state index contributed by atoms with van der Waals surface area (Å²) >= 11 is 0. The van der Waals surface area contributed by atoms with E-state index in [9.17, 15) is 5.11 Å². The van der Waals surface area contributed by atoms with Crippen molar-refractivity contribution in [2.75, 3.05) is 0 Å². The van der Waals surface area contributed by atoms with Gasteiger partial charge in [0, 0.05) is 17.0 Å². The molecule has 3 atom stereocenters. The standard InChI is InChI=1S/C25H30N2O/c1-17(2)21-15-14-18(3)23-24(21)26-27(25(23)20-12-8-5-9-13-20)16-22(28)19-10-6-4-7-11-19/h4-13,17-18,21-22,28H,14-16H2,1-3H3/t18-,21+,22+/m1/s1. The van der Waals surface area contributed by atoms with Crippen molar-refractivity contribution in [3.63, 3.8) is 0 Å². The highest BCUT2D eigenvalue weighted by Gasteiger charge is 2.34. The highest BCUT2D eigenvalue weighted by atomic mass is 16.3.